The number of piperazine rings is 1. The Kier molecular flexibility index (Phi) is 4.52. The first kappa shape index (κ1) is 18.8. The molecule has 0 aromatic carbocycles. The van der Waals surface area contributed by atoms with Gasteiger partial charge in [0, 0.05) is 0 Å². The maximum Gasteiger partial charge on any atom is 0.413 e. The van der Waals surface area contributed by atoms with Crippen LogP contribution in [-0.2, 0) is 9.47 Å². The number of hydrogen-bond donors (Lipinski definition) is 2. The Balaban J connectivity index is 2.19. The van der Waals surface area contributed by atoms with E-state index in [2.05, 4.69) is 0 Å². The molecule has 1 saturated heterocycles. The summed E-state index contributed by atoms with van der Waals surface area (Å²) in [5, 5.41) is 21.0. The van der Waals surface area contributed by atoms with Gasteiger partial charge in [-0.15, -0.1) is 0 Å². The van der Waals surface area contributed by atoms with Gasteiger partial charge in [-0.2, -0.15) is 0 Å². The number of rotatable bonds is 0. The van der Waals surface area contributed by atoms with E-state index in [1.165, 1.54) is 0 Å². The third kappa shape index (κ3) is 3.75. The van der Waals surface area contributed by atoms with Crippen LogP contribution in [-0.4, -0.2) is 67.9 Å². The fourth-order valence-electron chi connectivity index (χ4n) is 2.81. The smallest absolute Gasteiger partial charge is 0.413 e. The van der Waals surface area contributed by atoms with E-state index in [0.29, 0.717) is 12.8 Å². The first-order chi connectivity index (χ1) is 10.8. The van der Waals surface area contributed by atoms with Crippen molar-refractivity contribution in [3.05, 3.63) is 0 Å². The van der Waals surface area contributed by atoms with Crippen molar-refractivity contribution >= 4 is 12.2 Å². The maximum atomic E-state index is 12.4. The van der Waals surface area contributed by atoms with Crippen molar-refractivity contribution in [2.75, 3.05) is 6.54 Å². The fraction of sp³-hybridized carbons (Fsp3) is 0.875. The monoisotopic (exact) mass is 344 g/mol. The zero-order chi connectivity index (χ0) is 18.5. The minimum Gasteiger partial charge on any atom is -0.444 e. The van der Waals surface area contributed by atoms with Crippen molar-refractivity contribution in [1.29, 1.82) is 0 Å². The number of hydrogen-bond acceptors (Lipinski definition) is 6. The van der Waals surface area contributed by atoms with Crippen LogP contribution in [0.25, 0.3) is 0 Å². The van der Waals surface area contributed by atoms with Gasteiger partial charge in [-0.05, 0) is 54.4 Å². The Morgan fingerprint density at radius 2 is 1.42 bits per heavy atom. The molecular weight excluding hydrogens is 316 g/mol. The summed E-state index contributed by atoms with van der Waals surface area (Å²) in [4.78, 5) is 26.9. The molecule has 24 heavy (non-hydrogen) atoms. The Morgan fingerprint density at radius 1 is 0.958 bits per heavy atom. The van der Waals surface area contributed by atoms with Gasteiger partial charge in [-0.3, -0.25) is 9.80 Å². The van der Waals surface area contributed by atoms with Crippen LogP contribution in [0.15, 0.2) is 0 Å². The van der Waals surface area contributed by atoms with E-state index in [0.717, 1.165) is 9.80 Å². The first-order valence-corrected chi connectivity index (χ1v) is 8.15. The molecule has 2 N–H and O–H groups in total. The summed E-state index contributed by atoms with van der Waals surface area (Å²) in [6.07, 6.45) is -2.98. The van der Waals surface area contributed by atoms with Crippen LogP contribution in [0.4, 0.5) is 9.59 Å². The molecule has 0 bridgehead atoms. The fourth-order valence-corrected chi connectivity index (χ4v) is 2.81. The van der Waals surface area contributed by atoms with E-state index in [-0.39, 0.29) is 6.54 Å². The molecule has 1 saturated carbocycles. The summed E-state index contributed by atoms with van der Waals surface area (Å²) >= 11 is 0. The second kappa shape index (κ2) is 5.77. The second-order valence-corrected chi connectivity index (χ2v) is 8.44. The number of aliphatic hydroxyl groups is 2. The van der Waals surface area contributed by atoms with E-state index in [4.69, 9.17) is 9.47 Å². The molecule has 2 amide bonds. The largest absolute Gasteiger partial charge is 0.444 e. The molecule has 0 aromatic heterocycles. The quantitative estimate of drug-likeness (QED) is 0.693. The van der Waals surface area contributed by atoms with Gasteiger partial charge in [0.15, 0.2) is 12.5 Å². The number of β-amino-alcohol motifs (C(OH)–C–C–N with tert-alkyl or cyclic N) is 1. The maximum absolute atomic E-state index is 12.4. The number of ether oxygens (including phenoxy) is 2. The topological polar surface area (TPSA) is 99.5 Å². The molecule has 2 fully saturated rings. The lowest BCUT2D eigenvalue weighted by molar-refractivity contribution is -0.168. The van der Waals surface area contributed by atoms with Crippen LogP contribution in [0.1, 0.15) is 54.4 Å². The minimum absolute atomic E-state index is 0.239. The van der Waals surface area contributed by atoms with Crippen molar-refractivity contribution in [3.63, 3.8) is 0 Å². The summed E-state index contributed by atoms with van der Waals surface area (Å²) < 4.78 is 10.6. The second-order valence-electron chi connectivity index (χ2n) is 8.44. The van der Waals surface area contributed by atoms with Gasteiger partial charge >= 0.3 is 12.2 Å². The van der Waals surface area contributed by atoms with Gasteiger partial charge in [-0.25, -0.2) is 9.59 Å². The van der Waals surface area contributed by atoms with Crippen LogP contribution >= 0.6 is 0 Å². The molecule has 2 unspecified atom stereocenters. The van der Waals surface area contributed by atoms with Crippen molar-refractivity contribution < 1.29 is 29.3 Å². The lowest BCUT2D eigenvalue weighted by Crippen LogP contribution is -2.68. The van der Waals surface area contributed by atoms with Gasteiger partial charge in [-0.1, -0.05) is 0 Å². The van der Waals surface area contributed by atoms with Gasteiger partial charge in [0.05, 0.1) is 12.1 Å². The first-order valence-electron chi connectivity index (χ1n) is 8.15. The summed E-state index contributed by atoms with van der Waals surface area (Å²) in [5.41, 5.74) is -2.46. The lowest BCUT2D eigenvalue weighted by atomic mass is 10.1. The molecule has 1 aliphatic carbocycles. The Labute approximate surface area is 142 Å². The van der Waals surface area contributed by atoms with Gasteiger partial charge in [0.1, 0.15) is 11.2 Å². The number of nitrogens with zero attached hydrogens (tertiary/aromatic N) is 2. The van der Waals surface area contributed by atoms with Gasteiger partial charge in [0.25, 0.3) is 0 Å². The number of carbonyl (C=O) groups excluding carboxylic acids is 2. The molecule has 0 aromatic rings. The van der Waals surface area contributed by atoms with E-state index >= 15 is 0 Å². The highest BCUT2D eigenvalue weighted by Gasteiger charge is 2.64. The summed E-state index contributed by atoms with van der Waals surface area (Å²) in [5.74, 6) is 0. The van der Waals surface area contributed by atoms with E-state index < -0.39 is 41.4 Å². The van der Waals surface area contributed by atoms with Crippen LogP contribution < -0.4 is 0 Å². The number of aliphatic hydroxyl groups excluding tert-OH is 2. The van der Waals surface area contributed by atoms with Crippen molar-refractivity contribution in [2.24, 2.45) is 0 Å². The molecule has 8 nitrogen and oxygen atoms in total. The van der Waals surface area contributed by atoms with E-state index in [1.807, 2.05) is 0 Å². The highest BCUT2D eigenvalue weighted by atomic mass is 16.6. The summed E-state index contributed by atoms with van der Waals surface area (Å²) in [7, 11) is 0. The molecule has 8 heteroatoms. The summed E-state index contributed by atoms with van der Waals surface area (Å²) in [6, 6.07) is 0. The SMILES string of the molecule is CC(C)(C)OC(=O)N1CC(O)N(C(=O)OC(C)(C)C)C2(CC2)C1O. The van der Waals surface area contributed by atoms with E-state index in [9.17, 15) is 19.8 Å². The van der Waals surface area contributed by atoms with Crippen LogP contribution in [0.3, 0.4) is 0 Å². The van der Waals surface area contributed by atoms with Gasteiger partial charge in [0.2, 0.25) is 0 Å². The number of amides is 2. The Hall–Kier alpha value is -1.54. The zero-order valence-corrected chi connectivity index (χ0v) is 15.2. The molecule has 2 atom stereocenters. The minimum atomic E-state index is -1.27. The molecule has 0 radical (unpaired) electrons. The Morgan fingerprint density at radius 3 is 1.83 bits per heavy atom. The number of carbonyl (C=O) groups is 2. The molecule has 2 aliphatic rings. The zero-order valence-electron chi connectivity index (χ0n) is 15.2. The average Bonchev–Trinajstić information content (AvgIpc) is 3.10. The highest BCUT2D eigenvalue weighted by molar-refractivity contribution is 5.73. The normalized spacial score (nSPS) is 26.3. The van der Waals surface area contributed by atoms with Crippen molar-refractivity contribution in [3.8, 4) is 0 Å². The molecule has 2 rings (SSSR count). The molecule has 1 heterocycles. The van der Waals surface area contributed by atoms with Crippen LogP contribution in [0.2, 0.25) is 0 Å². The van der Waals surface area contributed by atoms with Crippen molar-refractivity contribution in [1.82, 2.24) is 9.80 Å². The molecular formula is C16H28N2O6. The molecule has 1 aliphatic heterocycles. The molecule has 1 spiro atoms. The van der Waals surface area contributed by atoms with Gasteiger partial charge < -0.3 is 19.7 Å². The van der Waals surface area contributed by atoms with Crippen LogP contribution in [0, 0.1) is 0 Å². The van der Waals surface area contributed by atoms with Crippen molar-refractivity contribution in [2.45, 2.75) is 83.6 Å². The standard InChI is InChI=1S/C16H28N2O6/c1-14(2,3)23-12(21)17-9-10(19)18(13(22)24-15(4,5)6)16(7-8-16)11(17)20/h10-11,19-20H,7-9H2,1-6H3. The third-order valence-electron chi connectivity index (χ3n) is 3.89. The highest BCUT2D eigenvalue weighted by Crippen LogP contribution is 2.49. The third-order valence-corrected chi connectivity index (χ3v) is 3.89. The van der Waals surface area contributed by atoms with E-state index in [1.54, 1.807) is 41.5 Å². The summed E-state index contributed by atoms with van der Waals surface area (Å²) in [6.45, 7) is 10.1. The average molecular weight is 344 g/mol. The predicted molar refractivity (Wildman–Crippen MR) is 85.0 cm³/mol. The lowest BCUT2D eigenvalue weighted by Gasteiger charge is -2.48. The molecule has 138 valence electrons. The predicted octanol–water partition coefficient (Wildman–Crippen LogP) is 1.64. The van der Waals surface area contributed by atoms with Crippen LogP contribution in [0.5, 0.6) is 0 Å². The Bertz CT molecular complexity index is 518.